The van der Waals surface area contributed by atoms with Gasteiger partial charge in [-0.05, 0) is 45.2 Å². The van der Waals surface area contributed by atoms with Crippen LogP contribution in [0.1, 0.15) is 15.9 Å². The van der Waals surface area contributed by atoms with Crippen LogP contribution < -0.4 is 0 Å². The molecule has 0 N–H and O–H groups in total. The number of hydrogen-bond donors (Lipinski definition) is 0. The van der Waals surface area contributed by atoms with Crippen molar-refractivity contribution in [2.45, 2.75) is 0 Å². The Labute approximate surface area is 97.5 Å². The van der Waals surface area contributed by atoms with Crippen molar-refractivity contribution in [3.63, 3.8) is 0 Å². The molecule has 60 valence electrons. The van der Waals surface area contributed by atoms with Gasteiger partial charge in [-0.25, -0.2) is 0 Å². The third-order valence-electron chi connectivity index (χ3n) is 1.80. The lowest BCUT2D eigenvalue weighted by Crippen LogP contribution is -1.92. The van der Waals surface area contributed by atoms with E-state index in [1.807, 2.05) is 24.3 Å². The van der Waals surface area contributed by atoms with Gasteiger partial charge in [0.15, 0.2) is 0 Å². The molecule has 3 heteroatoms. The van der Waals surface area contributed by atoms with Gasteiger partial charge < -0.3 is 0 Å². The zero-order valence-corrected chi connectivity index (χ0v) is 10.3. The van der Waals surface area contributed by atoms with Crippen molar-refractivity contribution in [1.29, 1.82) is 0 Å². The van der Waals surface area contributed by atoms with E-state index in [0.717, 1.165) is 18.3 Å². The lowest BCUT2D eigenvalue weighted by atomic mass is 10.1. The second-order valence-electron chi connectivity index (χ2n) is 2.50. The van der Waals surface area contributed by atoms with Crippen molar-refractivity contribution in [2.24, 2.45) is 0 Å². The second kappa shape index (κ2) is 3.10. The number of ketones is 1. The Hall–Kier alpha value is 0.0900. The molecule has 0 fully saturated rings. The summed E-state index contributed by atoms with van der Waals surface area (Å²) in [5.74, 6) is 0.163. The summed E-state index contributed by atoms with van der Waals surface area (Å²) in [6.07, 6.45) is 0. The monoisotopic (exact) mass is 382 g/mol. The molecule has 1 aromatic rings. The van der Waals surface area contributed by atoms with Gasteiger partial charge in [0.05, 0.1) is 3.58 Å². The molecule has 0 saturated carbocycles. The smallest absolute Gasteiger partial charge is 0.200 e. The predicted molar refractivity (Wildman–Crippen MR) is 65.7 cm³/mol. The minimum Gasteiger partial charge on any atom is -0.288 e. The second-order valence-corrected chi connectivity index (χ2v) is 4.66. The lowest BCUT2D eigenvalue weighted by Gasteiger charge is -1.94. The molecule has 0 radical (unpaired) electrons. The van der Waals surface area contributed by atoms with Crippen LogP contribution in [-0.2, 0) is 0 Å². The van der Waals surface area contributed by atoms with Crippen molar-refractivity contribution in [1.82, 2.24) is 0 Å². The van der Waals surface area contributed by atoms with E-state index in [0.29, 0.717) is 0 Å². The van der Waals surface area contributed by atoms with Crippen LogP contribution in [0, 0.1) is 0 Å². The first-order valence-corrected chi connectivity index (χ1v) is 5.57. The van der Waals surface area contributed by atoms with Gasteiger partial charge in [-0.2, -0.15) is 0 Å². The Kier molecular flexibility index (Phi) is 2.24. The van der Waals surface area contributed by atoms with Gasteiger partial charge in [-0.1, -0.05) is 24.3 Å². The fourth-order valence-electron chi connectivity index (χ4n) is 1.21. The topological polar surface area (TPSA) is 17.1 Å². The normalized spacial score (nSPS) is 15.3. The molecule has 1 aromatic carbocycles. The zero-order chi connectivity index (χ0) is 8.72. The summed E-state index contributed by atoms with van der Waals surface area (Å²) in [4.78, 5) is 11.5. The van der Waals surface area contributed by atoms with E-state index in [-0.39, 0.29) is 5.78 Å². The highest BCUT2D eigenvalue weighted by atomic mass is 127. The van der Waals surface area contributed by atoms with Crippen LogP contribution in [0.4, 0.5) is 0 Å². The maximum Gasteiger partial charge on any atom is 0.200 e. The van der Waals surface area contributed by atoms with E-state index in [1.54, 1.807) is 0 Å². The first kappa shape index (κ1) is 8.68. The fourth-order valence-corrected chi connectivity index (χ4v) is 2.51. The SMILES string of the molecule is O=C1C(I)=C(I)c2ccccc21. The van der Waals surface area contributed by atoms with Gasteiger partial charge in [0.1, 0.15) is 0 Å². The summed E-state index contributed by atoms with van der Waals surface area (Å²) in [5, 5.41) is 0. The molecule has 0 heterocycles. The summed E-state index contributed by atoms with van der Waals surface area (Å²) < 4.78 is 1.92. The molecule has 1 aliphatic rings. The third-order valence-corrected chi connectivity index (χ3v) is 4.98. The Morgan fingerprint density at radius 2 is 1.50 bits per heavy atom. The van der Waals surface area contributed by atoms with Crippen LogP contribution in [0.2, 0.25) is 0 Å². The number of carbonyl (C=O) groups is 1. The number of fused-ring (bicyclic) bond motifs is 1. The molecule has 1 aliphatic carbocycles. The van der Waals surface area contributed by atoms with Crippen LogP contribution >= 0.6 is 45.2 Å². The van der Waals surface area contributed by atoms with E-state index in [1.165, 1.54) is 0 Å². The molecule has 0 aromatic heterocycles. The molecular formula is C9H4I2O. The van der Waals surface area contributed by atoms with Crippen molar-refractivity contribution in [3.8, 4) is 0 Å². The highest BCUT2D eigenvalue weighted by Gasteiger charge is 2.25. The lowest BCUT2D eigenvalue weighted by molar-refractivity contribution is 0.104. The van der Waals surface area contributed by atoms with E-state index in [9.17, 15) is 4.79 Å². The zero-order valence-electron chi connectivity index (χ0n) is 5.97. The Bertz CT molecular complexity index is 393. The molecule has 12 heavy (non-hydrogen) atoms. The molecule has 0 unspecified atom stereocenters. The summed E-state index contributed by atoms with van der Waals surface area (Å²) in [7, 11) is 0. The van der Waals surface area contributed by atoms with Gasteiger partial charge in [-0.15, -0.1) is 0 Å². The number of rotatable bonds is 0. The first-order chi connectivity index (χ1) is 5.72. The summed E-state index contributed by atoms with van der Waals surface area (Å²) >= 11 is 4.32. The minimum absolute atomic E-state index is 0.163. The molecule has 0 amide bonds. The van der Waals surface area contributed by atoms with Crippen molar-refractivity contribution in [2.75, 3.05) is 0 Å². The molecule has 0 saturated heterocycles. The van der Waals surface area contributed by atoms with Gasteiger partial charge in [0.25, 0.3) is 0 Å². The van der Waals surface area contributed by atoms with Crippen LogP contribution in [0.25, 0.3) is 3.58 Å². The Morgan fingerprint density at radius 1 is 0.917 bits per heavy atom. The van der Waals surface area contributed by atoms with Gasteiger partial charge in [0, 0.05) is 14.7 Å². The predicted octanol–water partition coefficient (Wildman–Crippen LogP) is 3.42. The number of halogens is 2. The average molecular weight is 382 g/mol. The van der Waals surface area contributed by atoms with E-state index >= 15 is 0 Å². The van der Waals surface area contributed by atoms with Crippen LogP contribution in [0.3, 0.4) is 0 Å². The number of allylic oxidation sites excluding steroid dienone is 1. The summed E-state index contributed by atoms with van der Waals surface area (Å²) in [6, 6.07) is 7.72. The fraction of sp³-hybridized carbons (Fsp3) is 0. The van der Waals surface area contributed by atoms with Gasteiger partial charge in [0.2, 0.25) is 5.78 Å². The molecule has 0 aliphatic heterocycles. The molecule has 0 atom stereocenters. The van der Waals surface area contributed by atoms with E-state index in [4.69, 9.17) is 0 Å². The van der Waals surface area contributed by atoms with Crippen LogP contribution in [0.5, 0.6) is 0 Å². The van der Waals surface area contributed by atoms with Crippen LogP contribution in [-0.4, -0.2) is 5.78 Å². The average Bonchev–Trinajstić information content (AvgIpc) is 2.33. The molecule has 0 bridgehead atoms. The quantitative estimate of drug-likeness (QED) is 0.629. The maximum atomic E-state index is 11.5. The standard InChI is InChI=1S/C9H4I2O/c10-7-5-3-1-2-4-6(5)9(12)8(7)11/h1-4H. The Balaban J connectivity index is 2.73. The number of Topliss-reactive ketones (excluding diaryl/α,β-unsaturated/α-hetero) is 1. The number of benzene rings is 1. The minimum atomic E-state index is 0.163. The Morgan fingerprint density at radius 3 is 2.08 bits per heavy atom. The number of hydrogen-bond acceptors (Lipinski definition) is 1. The maximum absolute atomic E-state index is 11.5. The van der Waals surface area contributed by atoms with Gasteiger partial charge in [-0.3, -0.25) is 4.79 Å². The highest BCUT2D eigenvalue weighted by Crippen LogP contribution is 2.39. The molecule has 2 rings (SSSR count). The van der Waals surface area contributed by atoms with Gasteiger partial charge >= 0.3 is 0 Å². The third kappa shape index (κ3) is 1.14. The number of carbonyl (C=O) groups excluding carboxylic acids is 1. The largest absolute Gasteiger partial charge is 0.288 e. The van der Waals surface area contributed by atoms with Crippen molar-refractivity contribution in [3.05, 3.63) is 39.0 Å². The highest BCUT2D eigenvalue weighted by molar-refractivity contribution is 14.1. The molecule has 0 spiro atoms. The van der Waals surface area contributed by atoms with Crippen LogP contribution in [0.15, 0.2) is 27.8 Å². The first-order valence-electron chi connectivity index (χ1n) is 3.41. The van der Waals surface area contributed by atoms with E-state index in [2.05, 4.69) is 45.2 Å². The molecule has 1 nitrogen and oxygen atoms in total. The van der Waals surface area contributed by atoms with Crippen molar-refractivity contribution >= 4 is 54.5 Å². The summed E-state index contributed by atoms with van der Waals surface area (Å²) in [5.41, 5.74) is 1.92. The van der Waals surface area contributed by atoms with E-state index < -0.39 is 0 Å². The van der Waals surface area contributed by atoms with Crippen molar-refractivity contribution < 1.29 is 4.79 Å². The summed E-state index contributed by atoms with van der Waals surface area (Å²) in [6.45, 7) is 0. The molecular weight excluding hydrogens is 378 g/mol.